The summed E-state index contributed by atoms with van der Waals surface area (Å²) < 4.78 is 10.5. The van der Waals surface area contributed by atoms with Gasteiger partial charge in [-0.2, -0.15) is 0 Å². The minimum absolute atomic E-state index is 0.0196. The van der Waals surface area contributed by atoms with E-state index in [1.54, 1.807) is 34.6 Å². The second kappa shape index (κ2) is 9.88. The summed E-state index contributed by atoms with van der Waals surface area (Å²) in [4.78, 5) is 48.3. The Morgan fingerprint density at radius 3 is 2.23 bits per heavy atom. The summed E-state index contributed by atoms with van der Waals surface area (Å²) in [7, 11) is 0. The first-order valence-electron chi connectivity index (χ1n) is 9.23. The zero-order valence-electron chi connectivity index (χ0n) is 17.5. The normalized spacial score (nSPS) is 10.8. The minimum atomic E-state index is -0.719. The molecule has 0 atom stereocenters. The molecule has 1 N–H and O–H groups in total. The molecule has 1 amide bonds. The Kier molecular flexibility index (Phi) is 7.75. The van der Waals surface area contributed by atoms with E-state index in [9.17, 15) is 24.5 Å². The number of esters is 2. The maximum absolute atomic E-state index is 12.7. The molecule has 1 aromatic carbocycles. The quantitative estimate of drug-likeness (QED) is 0.344. The van der Waals surface area contributed by atoms with Gasteiger partial charge in [-0.1, -0.05) is 11.6 Å². The summed E-state index contributed by atoms with van der Waals surface area (Å²) in [5.41, 5.74) is -0.154. The van der Waals surface area contributed by atoms with E-state index in [1.165, 1.54) is 12.1 Å². The van der Waals surface area contributed by atoms with Crippen molar-refractivity contribution in [1.82, 2.24) is 0 Å². The van der Waals surface area contributed by atoms with Crippen molar-refractivity contribution in [1.29, 1.82) is 0 Å². The summed E-state index contributed by atoms with van der Waals surface area (Å²) in [5.74, 6) is -2.08. The molecule has 31 heavy (non-hydrogen) atoms. The SMILES string of the molecule is Cc1c(C(=O)OC(C)C)sc(NC(=O)c2ccc(Cl)c([N+](=O)[O-])c2)c1C(=O)OC(C)C. The topological polar surface area (TPSA) is 125 Å². The molecule has 166 valence electrons. The standard InChI is InChI=1S/C20H21ClN2O7S/c1-9(2)29-19(25)15-11(5)16(20(26)30-10(3)4)31-18(15)22-17(24)12-6-7-13(21)14(8-12)23(27)28/h6-10H,1-5H3,(H,22,24). The van der Waals surface area contributed by atoms with Gasteiger partial charge >= 0.3 is 11.9 Å². The van der Waals surface area contributed by atoms with Gasteiger partial charge in [0.2, 0.25) is 0 Å². The van der Waals surface area contributed by atoms with Crippen LogP contribution >= 0.6 is 22.9 Å². The molecule has 0 aliphatic heterocycles. The molecular weight excluding hydrogens is 448 g/mol. The smallest absolute Gasteiger partial charge is 0.348 e. The fourth-order valence-corrected chi connectivity index (χ4v) is 3.81. The lowest BCUT2D eigenvalue weighted by Gasteiger charge is -2.10. The van der Waals surface area contributed by atoms with E-state index in [-0.39, 0.29) is 32.1 Å². The van der Waals surface area contributed by atoms with Crippen molar-refractivity contribution < 1.29 is 28.8 Å². The Morgan fingerprint density at radius 2 is 1.68 bits per heavy atom. The number of nitro groups is 1. The zero-order chi connectivity index (χ0) is 23.5. The van der Waals surface area contributed by atoms with E-state index < -0.39 is 34.6 Å². The van der Waals surface area contributed by atoms with Crippen molar-refractivity contribution in [3.63, 3.8) is 0 Å². The van der Waals surface area contributed by atoms with Crippen LogP contribution in [0, 0.1) is 17.0 Å². The first-order chi connectivity index (χ1) is 14.4. The number of ether oxygens (including phenoxy) is 2. The molecule has 0 spiro atoms. The van der Waals surface area contributed by atoms with Crippen LogP contribution in [0.2, 0.25) is 5.02 Å². The number of hydrogen-bond acceptors (Lipinski definition) is 8. The second-order valence-corrected chi connectivity index (χ2v) is 8.47. The molecule has 0 radical (unpaired) electrons. The van der Waals surface area contributed by atoms with Crippen LogP contribution in [-0.4, -0.2) is 35.0 Å². The van der Waals surface area contributed by atoms with Crippen molar-refractivity contribution in [2.75, 3.05) is 5.32 Å². The molecule has 0 fully saturated rings. The molecule has 0 bridgehead atoms. The van der Waals surface area contributed by atoms with Crippen LogP contribution in [0.4, 0.5) is 10.7 Å². The first-order valence-corrected chi connectivity index (χ1v) is 10.4. The Labute approximate surface area is 187 Å². The van der Waals surface area contributed by atoms with Crippen molar-refractivity contribution in [3.05, 3.63) is 54.9 Å². The number of carbonyl (C=O) groups is 3. The van der Waals surface area contributed by atoms with Crippen LogP contribution in [0.1, 0.15) is 63.6 Å². The predicted molar refractivity (Wildman–Crippen MR) is 116 cm³/mol. The second-order valence-electron chi connectivity index (χ2n) is 7.05. The Bertz CT molecular complexity index is 1050. The number of benzene rings is 1. The number of nitro benzene ring substituents is 1. The fraction of sp³-hybridized carbons (Fsp3) is 0.350. The van der Waals surface area contributed by atoms with Gasteiger partial charge in [0, 0.05) is 11.6 Å². The summed E-state index contributed by atoms with van der Waals surface area (Å²) in [6, 6.07) is 3.57. The summed E-state index contributed by atoms with van der Waals surface area (Å²) >= 11 is 6.65. The molecule has 0 aliphatic carbocycles. The molecule has 11 heteroatoms. The number of nitrogens with zero attached hydrogens (tertiary/aromatic N) is 1. The van der Waals surface area contributed by atoms with Gasteiger partial charge in [-0.3, -0.25) is 14.9 Å². The van der Waals surface area contributed by atoms with Gasteiger partial charge in [0.15, 0.2) is 0 Å². The molecular formula is C20H21ClN2O7S. The van der Waals surface area contributed by atoms with E-state index in [1.807, 2.05) is 0 Å². The van der Waals surface area contributed by atoms with E-state index >= 15 is 0 Å². The van der Waals surface area contributed by atoms with Crippen LogP contribution in [0.3, 0.4) is 0 Å². The van der Waals surface area contributed by atoms with Crippen LogP contribution in [0.15, 0.2) is 18.2 Å². The average Bonchev–Trinajstić information content (AvgIpc) is 2.96. The Hall–Kier alpha value is -2.98. The van der Waals surface area contributed by atoms with Crippen LogP contribution < -0.4 is 5.32 Å². The molecule has 1 aromatic heterocycles. The number of amides is 1. The summed E-state index contributed by atoms with van der Waals surface area (Å²) in [6.07, 6.45) is -0.812. The van der Waals surface area contributed by atoms with Crippen LogP contribution in [-0.2, 0) is 9.47 Å². The summed E-state index contributed by atoms with van der Waals surface area (Å²) in [6.45, 7) is 8.25. The lowest BCUT2D eigenvalue weighted by molar-refractivity contribution is -0.384. The van der Waals surface area contributed by atoms with Crippen LogP contribution in [0.5, 0.6) is 0 Å². The lowest BCUT2D eigenvalue weighted by Crippen LogP contribution is -2.17. The van der Waals surface area contributed by atoms with E-state index in [0.29, 0.717) is 5.56 Å². The molecule has 2 aromatic rings. The van der Waals surface area contributed by atoms with Gasteiger partial charge in [0.25, 0.3) is 11.6 Å². The van der Waals surface area contributed by atoms with Gasteiger partial charge in [0.05, 0.1) is 22.7 Å². The lowest BCUT2D eigenvalue weighted by atomic mass is 10.1. The molecule has 0 saturated carbocycles. The van der Waals surface area contributed by atoms with Gasteiger partial charge in [-0.05, 0) is 52.3 Å². The van der Waals surface area contributed by atoms with Crippen molar-refractivity contribution in [2.24, 2.45) is 0 Å². The highest BCUT2D eigenvalue weighted by Gasteiger charge is 2.29. The zero-order valence-corrected chi connectivity index (χ0v) is 19.1. The van der Waals surface area contributed by atoms with E-state index in [0.717, 1.165) is 17.4 Å². The molecule has 9 nitrogen and oxygen atoms in total. The highest BCUT2D eigenvalue weighted by Crippen LogP contribution is 2.35. The maximum Gasteiger partial charge on any atom is 0.348 e. The maximum atomic E-state index is 12.7. The number of nitrogens with one attached hydrogen (secondary N) is 1. The number of rotatable bonds is 7. The van der Waals surface area contributed by atoms with E-state index in [4.69, 9.17) is 21.1 Å². The largest absolute Gasteiger partial charge is 0.459 e. The number of halogens is 1. The van der Waals surface area contributed by atoms with E-state index in [2.05, 4.69) is 5.32 Å². The Balaban J connectivity index is 2.47. The van der Waals surface area contributed by atoms with Gasteiger partial charge < -0.3 is 14.8 Å². The van der Waals surface area contributed by atoms with Crippen molar-refractivity contribution in [2.45, 2.75) is 46.8 Å². The third-order valence-corrected chi connectivity index (χ3v) is 5.36. The van der Waals surface area contributed by atoms with Crippen molar-refractivity contribution >= 4 is 51.5 Å². The number of anilines is 1. The predicted octanol–water partition coefficient (Wildman–Crippen LogP) is 5.00. The monoisotopic (exact) mass is 468 g/mol. The number of thiophene rings is 1. The number of carbonyl (C=O) groups excluding carboxylic acids is 3. The Morgan fingerprint density at radius 1 is 1.10 bits per heavy atom. The average molecular weight is 469 g/mol. The highest BCUT2D eigenvalue weighted by atomic mass is 35.5. The fourth-order valence-electron chi connectivity index (χ4n) is 2.55. The van der Waals surface area contributed by atoms with Gasteiger partial charge in [-0.25, -0.2) is 9.59 Å². The molecule has 0 unspecified atom stereocenters. The third-order valence-electron chi connectivity index (χ3n) is 3.85. The van der Waals surface area contributed by atoms with Gasteiger partial charge in [0.1, 0.15) is 14.9 Å². The van der Waals surface area contributed by atoms with Crippen molar-refractivity contribution in [3.8, 4) is 0 Å². The number of hydrogen-bond donors (Lipinski definition) is 1. The third kappa shape index (κ3) is 5.80. The molecule has 1 heterocycles. The van der Waals surface area contributed by atoms with Crippen LogP contribution in [0.25, 0.3) is 0 Å². The summed E-state index contributed by atoms with van der Waals surface area (Å²) in [5, 5.41) is 13.6. The minimum Gasteiger partial charge on any atom is -0.459 e. The van der Waals surface area contributed by atoms with Gasteiger partial charge in [-0.15, -0.1) is 11.3 Å². The first kappa shape index (κ1) is 24.3. The molecule has 0 aliphatic rings. The molecule has 2 rings (SSSR count). The highest BCUT2D eigenvalue weighted by molar-refractivity contribution is 7.18. The molecule has 0 saturated heterocycles.